The summed E-state index contributed by atoms with van der Waals surface area (Å²) < 4.78 is 20.0. The molecule has 0 amide bonds. The van der Waals surface area contributed by atoms with Crippen molar-refractivity contribution in [3.63, 3.8) is 0 Å². The lowest BCUT2D eigenvalue weighted by atomic mass is 10.1. The van der Waals surface area contributed by atoms with Gasteiger partial charge in [-0.1, -0.05) is 28.1 Å². The first-order chi connectivity index (χ1) is 9.10. The number of halogens is 2. The molecule has 0 saturated heterocycles. The van der Waals surface area contributed by atoms with Crippen LogP contribution in [0.2, 0.25) is 0 Å². The van der Waals surface area contributed by atoms with E-state index >= 15 is 0 Å². The van der Waals surface area contributed by atoms with Gasteiger partial charge in [-0.2, -0.15) is 0 Å². The standard InChI is InChI=1S/C15H15BrFNO/c1-10-2-4-13(16)7-15(10)19-9-11-3-5-14(17)12(6-11)8-18/h2-7H,8-9,18H2,1H3. The lowest BCUT2D eigenvalue weighted by Gasteiger charge is -2.10. The maximum atomic E-state index is 13.3. The molecule has 0 aliphatic carbocycles. The highest BCUT2D eigenvalue weighted by Crippen LogP contribution is 2.24. The van der Waals surface area contributed by atoms with Crippen molar-refractivity contribution in [2.24, 2.45) is 5.73 Å². The van der Waals surface area contributed by atoms with Crippen LogP contribution in [0.15, 0.2) is 40.9 Å². The normalized spacial score (nSPS) is 10.5. The smallest absolute Gasteiger partial charge is 0.127 e. The van der Waals surface area contributed by atoms with Gasteiger partial charge in [0.05, 0.1) is 0 Å². The fraction of sp³-hybridized carbons (Fsp3) is 0.200. The van der Waals surface area contributed by atoms with Gasteiger partial charge in [0.1, 0.15) is 18.2 Å². The van der Waals surface area contributed by atoms with Crippen molar-refractivity contribution in [1.82, 2.24) is 0 Å². The maximum absolute atomic E-state index is 13.3. The second-order valence-electron chi connectivity index (χ2n) is 4.33. The SMILES string of the molecule is Cc1ccc(Br)cc1OCc1ccc(F)c(CN)c1. The monoisotopic (exact) mass is 323 g/mol. The van der Waals surface area contributed by atoms with E-state index in [1.807, 2.05) is 25.1 Å². The first-order valence-electron chi connectivity index (χ1n) is 5.96. The quantitative estimate of drug-likeness (QED) is 0.925. The summed E-state index contributed by atoms with van der Waals surface area (Å²) in [6, 6.07) is 10.7. The van der Waals surface area contributed by atoms with Crippen molar-refractivity contribution in [2.45, 2.75) is 20.1 Å². The van der Waals surface area contributed by atoms with Gasteiger partial charge in [0.25, 0.3) is 0 Å². The van der Waals surface area contributed by atoms with Crippen LogP contribution < -0.4 is 10.5 Å². The Labute approximate surface area is 120 Å². The maximum Gasteiger partial charge on any atom is 0.127 e. The second kappa shape index (κ2) is 6.17. The van der Waals surface area contributed by atoms with E-state index in [0.29, 0.717) is 12.2 Å². The van der Waals surface area contributed by atoms with Crippen LogP contribution in [0, 0.1) is 12.7 Å². The summed E-state index contributed by atoms with van der Waals surface area (Å²) in [7, 11) is 0. The third kappa shape index (κ3) is 3.55. The number of benzene rings is 2. The molecular formula is C15H15BrFNO. The molecular weight excluding hydrogens is 309 g/mol. The van der Waals surface area contributed by atoms with Crippen molar-refractivity contribution < 1.29 is 9.13 Å². The van der Waals surface area contributed by atoms with E-state index < -0.39 is 0 Å². The number of hydrogen-bond acceptors (Lipinski definition) is 2. The molecule has 0 aliphatic rings. The van der Waals surface area contributed by atoms with Crippen LogP contribution in [0.5, 0.6) is 5.75 Å². The van der Waals surface area contributed by atoms with Crippen LogP contribution in [0.1, 0.15) is 16.7 Å². The molecule has 100 valence electrons. The predicted molar refractivity (Wildman–Crippen MR) is 77.5 cm³/mol. The van der Waals surface area contributed by atoms with Crippen LogP contribution in [0.4, 0.5) is 4.39 Å². The average molecular weight is 324 g/mol. The molecule has 0 aromatic heterocycles. The summed E-state index contributed by atoms with van der Waals surface area (Å²) >= 11 is 3.41. The van der Waals surface area contributed by atoms with E-state index in [-0.39, 0.29) is 12.4 Å². The van der Waals surface area contributed by atoms with Crippen molar-refractivity contribution in [3.8, 4) is 5.75 Å². The Hall–Kier alpha value is -1.39. The van der Waals surface area contributed by atoms with E-state index in [4.69, 9.17) is 10.5 Å². The van der Waals surface area contributed by atoms with Gasteiger partial charge in [0.15, 0.2) is 0 Å². The summed E-state index contributed by atoms with van der Waals surface area (Å²) in [5, 5.41) is 0. The number of ether oxygens (including phenoxy) is 1. The minimum absolute atomic E-state index is 0.190. The molecule has 2 N–H and O–H groups in total. The average Bonchev–Trinajstić information content (AvgIpc) is 2.41. The fourth-order valence-electron chi connectivity index (χ4n) is 1.76. The lowest BCUT2D eigenvalue weighted by Crippen LogP contribution is -2.03. The topological polar surface area (TPSA) is 35.2 Å². The molecule has 4 heteroatoms. The molecule has 0 radical (unpaired) electrons. The Kier molecular flexibility index (Phi) is 4.56. The predicted octanol–water partition coefficient (Wildman–Crippen LogP) is 3.93. The highest BCUT2D eigenvalue weighted by atomic mass is 79.9. The zero-order valence-electron chi connectivity index (χ0n) is 10.6. The largest absolute Gasteiger partial charge is 0.489 e. The number of aryl methyl sites for hydroxylation is 1. The molecule has 0 aliphatic heterocycles. The Bertz CT molecular complexity index is 586. The lowest BCUT2D eigenvalue weighted by molar-refractivity contribution is 0.303. The van der Waals surface area contributed by atoms with Gasteiger partial charge in [-0.25, -0.2) is 4.39 Å². The molecule has 0 spiro atoms. The van der Waals surface area contributed by atoms with Crippen LogP contribution in [0.25, 0.3) is 0 Å². The van der Waals surface area contributed by atoms with Gasteiger partial charge in [0, 0.05) is 16.6 Å². The zero-order chi connectivity index (χ0) is 13.8. The van der Waals surface area contributed by atoms with Gasteiger partial charge in [-0.15, -0.1) is 0 Å². The summed E-state index contributed by atoms with van der Waals surface area (Å²) in [4.78, 5) is 0. The van der Waals surface area contributed by atoms with Crippen molar-refractivity contribution in [3.05, 3.63) is 63.4 Å². The van der Waals surface area contributed by atoms with Crippen molar-refractivity contribution in [2.75, 3.05) is 0 Å². The molecule has 0 unspecified atom stereocenters. The molecule has 0 atom stereocenters. The zero-order valence-corrected chi connectivity index (χ0v) is 12.2. The Morgan fingerprint density at radius 3 is 2.74 bits per heavy atom. The number of nitrogens with two attached hydrogens (primary N) is 1. The van der Waals surface area contributed by atoms with Gasteiger partial charge in [-0.3, -0.25) is 0 Å². The van der Waals surface area contributed by atoms with Gasteiger partial charge < -0.3 is 10.5 Å². The van der Waals surface area contributed by atoms with Gasteiger partial charge in [-0.05, 0) is 42.3 Å². The van der Waals surface area contributed by atoms with E-state index in [9.17, 15) is 4.39 Å². The molecule has 2 aromatic rings. The van der Waals surface area contributed by atoms with Crippen LogP contribution in [-0.4, -0.2) is 0 Å². The molecule has 0 bridgehead atoms. The Morgan fingerprint density at radius 1 is 1.21 bits per heavy atom. The van der Waals surface area contributed by atoms with E-state index in [0.717, 1.165) is 21.3 Å². The first-order valence-corrected chi connectivity index (χ1v) is 6.76. The highest BCUT2D eigenvalue weighted by molar-refractivity contribution is 9.10. The van der Waals surface area contributed by atoms with Gasteiger partial charge in [0.2, 0.25) is 0 Å². The molecule has 0 fully saturated rings. The minimum atomic E-state index is -0.273. The molecule has 2 rings (SSSR count). The molecule has 2 nitrogen and oxygen atoms in total. The number of hydrogen-bond donors (Lipinski definition) is 1. The Morgan fingerprint density at radius 2 is 2.00 bits per heavy atom. The van der Waals surface area contributed by atoms with Gasteiger partial charge >= 0.3 is 0 Å². The fourth-order valence-corrected chi connectivity index (χ4v) is 2.10. The van der Waals surface area contributed by atoms with E-state index in [1.54, 1.807) is 12.1 Å². The third-order valence-corrected chi connectivity index (χ3v) is 3.37. The summed E-state index contributed by atoms with van der Waals surface area (Å²) in [5.41, 5.74) is 7.95. The van der Waals surface area contributed by atoms with Crippen molar-refractivity contribution in [1.29, 1.82) is 0 Å². The van der Waals surface area contributed by atoms with Crippen LogP contribution in [0.3, 0.4) is 0 Å². The highest BCUT2D eigenvalue weighted by Gasteiger charge is 2.04. The molecule has 0 saturated carbocycles. The van der Waals surface area contributed by atoms with E-state index in [2.05, 4.69) is 15.9 Å². The first kappa shape index (κ1) is 14.0. The minimum Gasteiger partial charge on any atom is -0.489 e. The van der Waals surface area contributed by atoms with Crippen LogP contribution in [-0.2, 0) is 13.2 Å². The summed E-state index contributed by atoms with van der Waals surface area (Å²) in [6.07, 6.45) is 0. The third-order valence-electron chi connectivity index (χ3n) is 2.87. The Balaban J connectivity index is 2.12. The molecule has 19 heavy (non-hydrogen) atoms. The molecule has 0 heterocycles. The summed E-state index contributed by atoms with van der Waals surface area (Å²) in [6.45, 7) is 2.57. The molecule has 2 aromatic carbocycles. The van der Waals surface area contributed by atoms with Crippen molar-refractivity contribution >= 4 is 15.9 Å². The summed E-state index contributed by atoms with van der Waals surface area (Å²) in [5.74, 6) is 0.540. The van der Waals surface area contributed by atoms with E-state index in [1.165, 1.54) is 6.07 Å². The second-order valence-corrected chi connectivity index (χ2v) is 5.24. The number of rotatable bonds is 4. The van der Waals surface area contributed by atoms with Crippen LogP contribution >= 0.6 is 15.9 Å².